The Hall–Kier alpha value is -1.08. The summed E-state index contributed by atoms with van der Waals surface area (Å²) in [5, 5.41) is 9.44. The predicted molar refractivity (Wildman–Crippen MR) is 73.6 cm³/mol. The van der Waals surface area contributed by atoms with Gasteiger partial charge in [0.1, 0.15) is 0 Å². The summed E-state index contributed by atoms with van der Waals surface area (Å²) >= 11 is 5.86. The minimum Gasteiger partial charge on any atom is -0.300 e. The first-order valence-electron chi connectivity index (χ1n) is 6.34. The Morgan fingerprint density at radius 3 is 2.28 bits per heavy atom. The van der Waals surface area contributed by atoms with E-state index >= 15 is 0 Å². The number of benzene rings is 1. The van der Waals surface area contributed by atoms with Crippen LogP contribution >= 0.6 is 11.6 Å². The van der Waals surface area contributed by atoms with Gasteiger partial charge < -0.3 is 4.90 Å². The van der Waals surface area contributed by atoms with E-state index in [1.165, 1.54) is 5.56 Å². The summed E-state index contributed by atoms with van der Waals surface area (Å²) in [7, 11) is 0. The number of nitrogens with zero attached hydrogens (tertiary/aromatic N) is 3. The fourth-order valence-electron chi connectivity index (χ4n) is 2.21. The molecule has 0 aromatic heterocycles. The molecule has 1 fully saturated rings. The van der Waals surface area contributed by atoms with E-state index in [2.05, 4.69) is 28.0 Å². The largest absolute Gasteiger partial charge is 0.300 e. The molecular weight excluding hydrogens is 246 g/mol. The molecule has 1 aromatic carbocycles. The second-order valence-electron chi connectivity index (χ2n) is 4.65. The standard InChI is InChI=1S/C14H18ClN3/c15-14-3-1-13(2-4-14)5-7-17-9-11-18(8-6-16)12-10-17/h1-4H,5,7-12H2. The van der Waals surface area contributed by atoms with Gasteiger partial charge >= 0.3 is 0 Å². The number of hydrogen-bond donors (Lipinski definition) is 0. The maximum absolute atomic E-state index is 8.64. The molecule has 1 heterocycles. The molecule has 4 heteroatoms. The van der Waals surface area contributed by atoms with Gasteiger partial charge in [0.15, 0.2) is 0 Å². The van der Waals surface area contributed by atoms with Crippen molar-refractivity contribution >= 4 is 11.6 Å². The van der Waals surface area contributed by atoms with Crippen molar-refractivity contribution in [1.82, 2.24) is 9.80 Å². The van der Waals surface area contributed by atoms with E-state index in [4.69, 9.17) is 16.9 Å². The zero-order valence-corrected chi connectivity index (χ0v) is 11.2. The van der Waals surface area contributed by atoms with E-state index < -0.39 is 0 Å². The highest BCUT2D eigenvalue weighted by Crippen LogP contribution is 2.11. The highest BCUT2D eigenvalue weighted by atomic mass is 35.5. The lowest BCUT2D eigenvalue weighted by Crippen LogP contribution is -2.46. The molecule has 0 N–H and O–H groups in total. The monoisotopic (exact) mass is 263 g/mol. The second kappa shape index (κ2) is 6.75. The average molecular weight is 264 g/mol. The third-order valence-corrected chi connectivity index (χ3v) is 3.64. The molecule has 18 heavy (non-hydrogen) atoms. The van der Waals surface area contributed by atoms with Gasteiger partial charge in [-0.15, -0.1) is 0 Å². The molecule has 0 amide bonds. The van der Waals surface area contributed by atoms with Crippen LogP contribution in [0.15, 0.2) is 24.3 Å². The summed E-state index contributed by atoms with van der Waals surface area (Å²) in [6, 6.07) is 10.3. The molecule has 0 aliphatic carbocycles. The number of halogens is 1. The molecule has 0 radical (unpaired) electrons. The Bertz CT molecular complexity index is 402. The highest BCUT2D eigenvalue weighted by molar-refractivity contribution is 6.30. The van der Waals surface area contributed by atoms with E-state index in [1.54, 1.807) is 0 Å². The SMILES string of the molecule is N#CCN1CCN(CCc2ccc(Cl)cc2)CC1. The van der Waals surface area contributed by atoms with Crippen LogP contribution in [0.1, 0.15) is 5.56 Å². The van der Waals surface area contributed by atoms with Gasteiger partial charge in [0, 0.05) is 37.7 Å². The van der Waals surface area contributed by atoms with Gasteiger partial charge in [-0.05, 0) is 24.1 Å². The van der Waals surface area contributed by atoms with Crippen molar-refractivity contribution in [3.05, 3.63) is 34.9 Å². The van der Waals surface area contributed by atoms with Gasteiger partial charge in [0.05, 0.1) is 12.6 Å². The van der Waals surface area contributed by atoms with Gasteiger partial charge in [-0.25, -0.2) is 0 Å². The molecule has 1 aliphatic heterocycles. The molecular formula is C14H18ClN3. The van der Waals surface area contributed by atoms with E-state index in [-0.39, 0.29) is 0 Å². The first kappa shape index (κ1) is 13.4. The molecule has 0 spiro atoms. The lowest BCUT2D eigenvalue weighted by atomic mass is 10.1. The van der Waals surface area contributed by atoms with E-state index in [0.717, 1.165) is 44.2 Å². The first-order valence-corrected chi connectivity index (χ1v) is 6.72. The van der Waals surface area contributed by atoms with Crippen molar-refractivity contribution in [2.45, 2.75) is 6.42 Å². The lowest BCUT2D eigenvalue weighted by molar-refractivity contribution is 0.145. The summed E-state index contributed by atoms with van der Waals surface area (Å²) in [4.78, 5) is 4.67. The average Bonchev–Trinajstić information content (AvgIpc) is 2.40. The first-order chi connectivity index (χ1) is 8.78. The van der Waals surface area contributed by atoms with Crippen LogP contribution in [-0.4, -0.2) is 49.1 Å². The molecule has 1 saturated heterocycles. The molecule has 3 nitrogen and oxygen atoms in total. The van der Waals surface area contributed by atoms with E-state index in [1.807, 2.05) is 12.1 Å². The zero-order chi connectivity index (χ0) is 12.8. The number of piperazine rings is 1. The van der Waals surface area contributed by atoms with Crippen molar-refractivity contribution in [2.24, 2.45) is 0 Å². The third kappa shape index (κ3) is 3.99. The molecule has 96 valence electrons. The summed E-state index contributed by atoms with van der Waals surface area (Å²) < 4.78 is 0. The van der Waals surface area contributed by atoms with Crippen molar-refractivity contribution in [1.29, 1.82) is 5.26 Å². The van der Waals surface area contributed by atoms with Crippen LogP contribution < -0.4 is 0 Å². The zero-order valence-electron chi connectivity index (χ0n) is 10.5. The van der Waals surface area contributed by atoms with Crippen LogP contribution in [0.2, 0.25) is 5.02 Å². The van der Waals surface area contributed by atoms with Crippen molar-refractivity contribution < 1.29 is 0 Å². The molecule has 0 atom stereocenters. The Morgan fingerprint density at radius 1 is 1.06 bits per heavy atom. The third-order valence-electron chi connectivity index (χ3n) is 3.39. The summed E-state index contributed by atoms with van der Waals surface area (Å²) in [5.41, 5.74) is 1.33. The summed E-state index contributed by atoms with van der Waals surface area (Å²) in [6.45, 7) is 5.79. The quantitative estimate of drug-likeness (QED) is 0.779. The van der Waals surface area contributed by atoms with Crippen LogP contribution in [0.3, 0.4) is 0 Å². The maximum atomic E-state index is 8.64. The Kier molecular flexibility index (Phi) is 5.00. The molecule has 0 unspecified atom stereocenters. The minimum atomic E-state index is 0.561. The second-order valence-corrected chi connectivity index (χ2v) is 5.09. The Labute approximate surface area is 114 Å². The van der Waals surface area contributed by atoms with Gasteiger partial charge in [0.2, 0.25) is 0 Å². The smallest absolute Gasteiger partial charge is 0.0866 e. The minimum absolute atomic E-state index is 0.561. The van der Waals surface area contributed by atoms with Crippen molar-refractivity contribution in [3.63, 3.8) is 0 Å². The normalized spacial score (nSPS) is 17.6. The molecule has 0 saturated carbocycles. The molecule has 0 bridgehead atoms. The highest BCUT2D eigenvalue weighted by Gasteiger charge is 2.15. The fourth-order valence-corrected chi connectivity index (χ4v) is 2.34. The van der Waals surface area contributed by atoms with Crippen molar-refractivity contribution in [3.8, 4) is 6.07 Å². The van der Waals surface area contributed by atoms with E-state index in [9.17, 15) is 0 Å². The molecule has 2 rings (SSSR count). The van der Waals surface area contributed by atoms with Gasteiger partial charge in [-0.2, -0.15) is 5.26 Å². The van der Waals surface area contributed by atoms with E-state index in [0.29, 0.717) is 6.54 Å². The predicted octanol–water partition coefficient (Wildman–Crippen LogP) is 2.02. The van der Waals surface area contributed by atoms with Gasteiger partial charge in [-0.1, -0.05) is 23.7 Å². The number of nitriles is 1. The lowest BCUT2D eigenvalue weighted by Gasteiger charge is -2.33. The maximum Gasteiger partial charge on any atom is 0.0866 e. The van der Waals surface area contributed by atoms with Crippen LogP contribution in [0.25, 0.3) is 0 Å². The number of hydrogen-bond acceptors (Lipinski definition) is 3. The van der Waals surface area contributed by atoms with Crippen LogP contribution in [-0.2, 0) is 6.42 Å². The van der Waals surface area contributed by atoms with Gasteiger partial charge in [0.25, 0.3) is 0 Å². The van der Waals surface area contributed by atoms with Crippen LogP contribution in [0.5, 0.6) is 0 Å². The summed E-state index contributed by atoms with van der Waals surface area (Å²) in [5.74, 6) is 0. The Morgan fingerprint density at radius 2 is 1.67 bits per heavy atom. The van der Waals surface area contributed by atoms with Crippen LogP contribution in [0, 0.1) is 11.3 Å². The molecule has 1 aromatic rings. The van der Waals surface area contributed by atoms with Crippen molar-refractivity contribution in [2.75, 3.05) is 39.3 Å². The van der Waals surface area contributed by atoms with Gasteiger partial charge in [-0.3, -0.25) is 4.90 Å². The fraction of sp³-hybridized carbons (Fsp3) is 0.500. The molecule has 1 aliphatic rings. The topological polar surface area (TPSA) is 30.3 Å². The van der Waals surface area contributed by atoms with Crippen LogP contribution in [0.4, 0.5) is 0 Å². The summed E-state index contributed by atoms with van der Waals surface area (Å²) in [6.07, 6.45) is 1.06. The Balaban J connectivity index is 1.72. The number of rotatable bonds is 4.